The van der Waals surface area contributed by atoms with Crippen LogP contribution in [0.3, 0.4) is 0 Å². The molecule has 0 atom stereocenters. The maximum absolute atomic E-state index is 13.3. The Morgan fingerprint density at radius 1 is 1.15 bits per heavy atom. The van der Waals surface area contributed by atoms with Gasteiger partial charge >= 0.3 is 0 Å². The van der Waals surface area contributed by atoms with E-state index in [-0.39, 0.29) is 24.6 Å². The van der Waals surface area contributed by atoms with E-state index < -0.39 is 5.82 Å². The third-order valence-corrected chi connectivity index (χ3v) is 2.81. The SMILES string of the molecule is O=C(CCOc1ccc(Cl)cc1)Nc1ccccc1F. The Labute approximate surface area is 121 Å². The Kier molecular flexibility index (Phi) is 4.96. The molecule has 0 unspecified atom stereocenters. The van der Waals surface area contributed by atoms with Crippen LogP contribution in [0.4, 0.5) is 10.1 Å². The Bertz CT molecular complexity index is 587. The van der Waals surface area contributed by atoms with Crippen molar-refractivity contribution >= 4 is 23.2 Å². The number of hydrogen-bond donors (Lipinski definition) is 1. The van der Waals surface area contributed by atoms with Crippen molar-refractivity contribution in [2.75, 3.05) is 11.9 Å². The lowest BCUT2D eigenvalue weighted by Crippen LogP contribution is -2.15. The number of nitrogens with one attached hydrogen (secondary N) is 1. The molecule has 0 spiro atoms. The Balaban J connectivity index is 1.78. The van der Waals surface area contributed by atoms with Crippen LogP contribution in [0, 0.1) is 5.82 Å². The van der Waals surface area contributed by atoms with Gasteiger partial charge in [-0.15, -0.1) is 0 Å². The van der Waals surface area contributed by atoms with Crippen LogP contribution in [0.25, 0.3) is 0 Å². The number of amides is 1. The van der Waals surface area contributed by atoms with E-state index in [1.54, 1.807) is 36.4 Å². The van der Waals surface area contributed by atoms with Gasteiger partial charge in [-0.1, -0.05) is 23.7 Å². The zero-order valence-electron chi connectivity index (χ0n) is 10.6. The number of carbonyl (C=O) groups is 1. The van der Waals surface area contributed by atoms with Crippen molar-refractivity contribution in [2.45, 2.75) is 6.42 Å². The van der Waals surface area contributed by atoms with Crippen molar-refractivity contribution in [3.63, 3.8) is 0 Å². The molecule has 5 heteroatoms. The van der Waals surface area contributed by atoms with Crippen LogP contribution in [-0.4, -0.2) is 12.5 Å². The summed E-state index contributed by atoms with van der Waals surface area (Å²) in [6.45, 7) is 0.210. The first kappa shape index (κ1) is 14.3. The monoisotopic (exact) mass is 293 g/mol. The molecule has 20 heavy (non-hydrogen) atoms. The van der Waals surface area contributed by atoms with Crippen molar-refractivity contribution in [3.05, 3.63) is 59.4 Å². The number of rotatable bonds is 5. The lowest BCUT2D eigenvalue weighted by Gasteiger charge is -2.08. The second kappa shape index (κ2) is 6.91. The van der Waals surface area contributed by atoms with Gasteiger partial charge in [0.25, 0.3) is 0 Å². The summed E-state index contributed by atoms with van der Waals surface area (Å²) in [5, 5.41) is 3.11. The van der Waals surface area contributed by atoms with Crippen LogP contribution < -0.4 is 10.1 Å². The highest BCUT2D eigenvalue weighted by Crippen LogP contribution is 2.16. The van der Waals surface area contributed by atoms with Crippen molar-refractivity contribution in [2.24, 2.45) is 0 Å². The zero-order valence-corrected chi connectivity index (χ0v) is 11.4. The molecule has 0 aliphatic carbocycles. The summed E-state index contributed by atoms with van der Waals surface area (Å²) in [6.07, 6.45) is 0.136. The highest BCUT2D eigenvalue weighted by atomic mass is 35.5. The van der Waals surface area contributed by atoms with Crippen LogP contribution in [0.5, 0.6) is 5.75 Å². The predicted octanol–water partition coefficient (Wildman–Crippen LogP) is 3.89. The number of halogens is 2. The second-order valence-corrected chi connectivity index (χ2v) is 4.52. The van der Waals surface area contributed by atoms with Gasteiger partial charge in [-0.05, 0) is 36.4 Å². The molecule has 1 N–H and O–H groups in total. The highest BCUT2D eigenvalue weighted by Gasteiger charge is 2.06. The van der Waals surface area contributed by atoms with Gasteiger partial charge in [0.1, 0.15) is 11.6 Å². The first-order valence-corrected chi connectivity index (χ1v) is 6.46. The third kappa shape index (κ3) is 4.24. The third-order valence-electron chi connectivity index (χ3n) is 2.56. The quantitative estimate of drug-likeness (QED) is 0.908. The van der Waals surface area contributed by atoms with E-state index in [0.717, 1.165) is 0 Å². The van der Waals surface area contributed by atoms with E-state index in [1.807, 2.05) is 0 Å². The minimum Gasteiger partial charge on any atom is -0.493 e. The first-order valence-electron chi connectivity index (χ1n) is 6.08. The molecule has 0 bridgehead atoms. The topological polar surface area (TPSA) is 38.3 Å². The lowest BCUT2D eigenvalue weighted by molar-refractivity contribution is -0.116. The van der Waals surface area contributed by atoms with Crippen LogP contribution in [0.2, 0.25) is 5.02 Å². The summed E-state index contributed by atoms with van der Waals surface area (Å²) in [4.78, 5) is 11.6. The summed E-state index contributed by atoms with van der Waals surface area (Å²) < 4.78 is 18.7. The fourth-order valence-corrected chi connectivity index (χ4v) is 1.69. The first-order chi connectivity index (χ1) is 9.65. The Morgan fingerprint density at radius 3 is 2.55 bits per heavy atom. The molecule has 3 nitrogen and oxygen atoms in total. The maximum atomic E-state index is 13.3. The van der Waals surface area contributed by atoms with Crippen LogP contribution in [0.1, 0.15) is 6.42 Å². The summed E-state index contributed by atoms with van der Waals surface area (Å²) in [5.74, 6) is -0.128. The Morgan fingerprint density at radius 2 is 1.85 bits per heavy atom. The van der Waals surface area contributed by atoms with E-state index in [2.05, 4.69) is 5.32 Å². The van der Waals surface area contributed by atoms with Crippen LogP contribution >= 0.6 is 11.6 Å². The molecule has 0 fully saturated rings. The van der Waals surface area contributed by atoms with E-state index in [0.29, 0.717) is 10.8 Å². The minimum atomic E-state index is -0.459. The average molecular weight is 294 g/mol. The smallest absolute Gasteiger partial charge is 0.227 e. The van der Waals surface area contributed by atoms with Crippen LogP contribution in [0.15, 0.2) is 48.5 Å². The number of benzene rings is 2. The lowest BCUT2D eigenvalue weighted by atomic mass is 10.3. The summed E-state index contributed by atoms with van der Waals surface area (Å²) >= 11 is 5.75. The van der Waals surface area contributed by atoms with Crippen molar-refractivity contribution in [1.82, 2.24) is 0 Å². The predicted molar refractivity (Wildman–Crippen MR) is 76.6 cm³/mol. The number of anilines is 1. The molecule has 2 aromatic rings. The fourth-order valence-electron chi connectivity index (χ4n) is 1.57. The van der Waals surface area contributed by atoms with Crippen molar-refractivity contribution in [3.8, 4) is 5.75 Å². The largest absolute Gasteiger partial charge is 0.493 e. The van der Waals surface area contributed by atoms with Crippen molar-refractivity contribution < 1.29 is 13.9 Å². The van der Waals surface area contributed by atoms with E-state index in [1.165, 1.54) is 12.1 Å². The molecule has 2 rings (SSSR count). The molecule has 1 amide bonds. The van der Waals surface area contributed by atoms with Gasteiger partial charge in [-0.3, -0.25) is 4.79 Å². The zero-order chi connectivity index (χ0) is 14.4. The molecule has 0 aliphatic heterocycles. The van der Waals surface area contributed by atoms with Gasteiger partial charge in [0, 0.05) is 5.02 Å². The van der Waals surface area contributed by atoms with Crippen molar-refractivity contribution in [1.29, 1.82) is 0 Å². The average Bonchev–Trinajstić information content (AvgIpc) is 2.44. The van der Waals surface area contributed by atoms with E-state index >= 15 is 0 Å². The van der Waals surface area contributed by atoms with Crippen LogP contribution in [-0.2, 0) is 4.79 Å². The molecular formula is C15H13ClFNO2. The molecule has 2 aromatic carbocycles. The highest BCUT2D eigenvalue weighted by molar-refractivity contribution is 6.30. The van der Waals surface area contributed by atoms with Gasteiger partial charge in [-0.25, -0.2) is 4.39 Å². The van der Waals surface area contributed by atoms with Gasteiger partial charge in [-0.2, -0.15) is 0 Å². The summed E-state index contributed by atoms with van der Waals surface area (Å²) in [6, 6.07) is 12.9. The van der Waals surface area contributed by atoms with Gasteiger partial charge in [0.05, 0.1) is 18.7 Å². The number of hydrogen-bond acceptors (Lipinski definition) is 2. The molecule has 0 saturated carbocycles. The number of carbonyl (C=O) groups excluding carboxylic acids is 1. The van der Waals surface area contributed by atoms with Gasteiger partial charge in [0.15, 0.2) is 0 Å². The summed E-state index contributed by atoms with van der Waals surface area (Å²) in [7, 11) is 0. The standard InChI is InChI=1S/C15H13ClFNO2/c16-11-5-7-12(8-6-11)20-10-9-15(19)18-14-4-2-1-3-13(14)17/h1-8H,9-10H2,(H,18,19). The maximum Gasteiger partial charge on any atom is 0.227 e. The molecular weight excluding hydrogens is 281 g/mol. The van der Waals surface area contributed by atoms with Gasteiger partial charge < -0.3 is 10.1 Å². The molecule has 0 saturated heterocycles. The molecule has 104 valence electrons. The minimum absolute atomic E-state index is 0.136. The molecule has 0 heterocycles. The van der Waals surface area contributed by atoms with E-state index in [9.17, 15) is 9.18 Å². The Hall–Kier alpha value is -2.07. The number of ether oxygens (including phenoxy) is 1. The van der Waals surface area contributed by atoms with E-state index in [4.69, 9.17) is 16.3 Å². The second-order valence-electron chi connectivity index (χ2n) is 4.08. The normalized spacial score (nSPS) is 10.1. The van der Waals surface area contributed by atoms with Gasteiger partial charge in [0.2, 0.25) is 5.91 Å². The molecule has 0 radical (unpaired) electrons. The summed E-state index contributed by atoms with van der Waals surface area (Å²) in [5.41, 5.74) is 0.170. The molecule has 0 aliphatic rings. The molecule has 0 aromatic heterocycles. The number of para-hydroxylation sites is 1. The fraction of sp³-hybridized carbons (Fsp3) is 0.133.